The maximum absolute atomic E-state index is 11.8. The third-order valence-corrected chi connectivity index (χ3v) is 3.23. The molecule has 6 heteroatoms. The highest BCUT2D eigenvalue weighted by molar-refractivity contribution is 6.10. The third kappa shape index (κ3) is 1.69. The van der Waals surface area contributed by atoms with Crippen molar-refractivity contribution < 1.29 is 9.59 Å². The highest BCUT2D eigenvalue weighted by atomic mass is 16.2. The lowest BCUT2D eigenvalue weighted by atomic mass is 10.1. The number of hydrogen-bond donors (Lipinski definition) is 2. The van der Waals surface area contributed by atoms with Gasteiger partial charge in [0.15, 0.2) is 0 Å². The minimum Gasteiger partial charge on any atom is -0.366 e. The smallest absolute Gasteiger partial charge is 0.246 e. The molecule has 0 spiro atoms. The zero-order valence-corrected chi connectivity index (χ0v) is 10.3. The van der Waals surface area contributed by atoms with Crippen LogP contribution in [0.1, 0.15) is 12.5 Å². The minimum absolute atomic E-state index is 0.145. The molecule has 1 aliphatic heterocycles. The first-order valence-electron chi connectivity index (χ1n) is 5.82. The summed E-state index contributed by atoms with van der Waals surface area (Å²) in [6.07, 6.45) is 5.09. The van der Waals surface area contributed by atoms with Gasteiger partial charge >= 0.3 is 0 Å². The van der Waals surface area contributed by atoms with Crippen molar-refractivity contribution >= 4 is 34.6 Å². The Morgan fingerprint density at radius 2 is 2.26 bits per heavy atom. The minimum atomic E-state index is -0.527. The van der Waals surface area contributed by atoms with Gasteiger partial charge in [0.25, 0.3) is 0 Å². The molecular formula is C13H12N4O2. The first kappa shape index (κ1) is 11.5. The van der Waals surface area contributed by atoms with Gasteiger partial charge in [-0.15, -0.1) is 0 Å². The molecular weight excluding hydrogens is 244 g/mol. The van der Waals surface area contributed by atoms with E-state index in [1.807, 2.05) is 0 Å². The van der Waals surface area contributed by atoms with Crippen LogP contribution in [-0.4, -0.2) is 28.3 Å². The zero-order chi connectivity index (χ0) is 13.6. The molecule has 2 aromatic heterocycles. The molecule has 2 aromatic rings. The molecule has 0 unspecified atom stereocenters. The number of carbonyl (C=O) groups is 2. The summed E-state index contributed by atoms with van der Waals surface area (Å²) in [5.41, 5.74) is 7.99. The molecule has 0 aromatic carbocycles. The number of hydrogen-bond acceptors (Lipinski definition) is 3. The number of primary amides is 1. The molecule has 3 rings (SSSR count). The monoisotopic (exact) mass is 256 g/mol. The number of rotatable bonds is 1. The summed E-state index contributed by atoms with van der Waals surface area (Å²) in [5.74, 6) is -0.671. The van der Waals surface area contributed by atoms with Crippen molar-refractivity contribution in [3.05, 3.63) is 29.6 Å². The van der Waals surface area contributed by atoms with Crippen LogP contribution in [0, 0.1) is 0 Å². The summed E-state index contributed by atoms with van der Waals surface area (Å²) in [6.45, 7) is 1.64. The Morgan fingerprint density at radius 3 is 2.95 bits per heavy atom. The number of carbonyl (C=O) groups excluding carboxylic acids is 2. The fourth-order valence-electron chi connectivity index (χ4n) is 2.32. The standard InChI is InChI=1S/C13H12N4O2/c1-7(18)17-6-9(12(14)19)4-8-5-16-13-11(8)10(17)2-3-15-13/h2-5H,6H2,1H3,(H2,14,19)(H,15,16). The van der Waals surface area contributed by atoms with Crippen LogP contribution < -0.4 is 10.6 Å². The molecule has 2 amide bonds. The van der Waals surface area contributed by atoms with Gasteiger partial charge in [0.2, 0.25) is 11.8 Å². The molecule has 0 fully saturated rings. The van der Waals surface area contributed by atoms with Gasteiger partial charge < -0.3 is 15.6 Å². The van der Waals surface area contributed by atoms with E-state index in [9.17, 15) is 9.59 Å². The molecule has 0 bridgehead atoms. The Kier molecular flexibility index (Phi) is 2.38. The summed E-state index contributed by atoms with van der Waals surface area (Å²) in [4.78, 5) is 32.0. The largest absolute Gasteiger partial charge is 0.366 e. The van der Waals surface area contributed by atoms with Crippen molar-refractivity contribution in [2.75, 3.05) is 11.4 Å². The Morgan fingerprint density at radius 1 is 1.47 bits per heavy atom. The molecule has 0 saturated carbocycles. The lowest BCUT2D eigenvalue weighted by Crippen LogP contribution is -2.33. The lowest BCUT2D eigenvalue weighted by molar-refractivity contribution is -0.116. The van der Waals surface area contributed by atoms with Crippen molar-refractivity contribution in [1.29, 1.82) is 0 Å². The van der Waals surface area contributed by atoms with E-state index in [1.165, 1.54) is 11.8 Å². The number of nitrogens with two attached hydrogens (primary N) is 1. The van der Waals surface area contributed by atoms with Crippen molar-refractivity contribution in [2.24, 2.45) is 5.73 Å². The van der Waals surface area contributed by atoms with E-state index in [4.69, 9.17) is 5.73 Å². The number of H-pyrrole nitrogens is 1. The van der Waals surface area contributed by atoms with E-state index in [1.54, 1.807) is 24.5 Å². The SMILES string of the molecule is CC(=O)N1CC(C(N)=O)=Cc2c[nH]c3nccc1c23. The first-order chi connectivity index (χ1) is 9.08. The van der Waals surface area contributed by atoms with E-state index >= 15 is 0 Å². The summed E-state index contributed by atoms with van der Waals surface area (Å²) in [7, 11) is 0. The Labute approximate surface area is 108 Å². The van der Waals surface area contributed by atoms with Crippen molar-refractivity contribution in [3.63, 3.8) is 0 Å². The fourth-order valence-corrected chi connectivity index (χ4v) is 2.32. The Hall–Kier alpha value is -2.63. The molecule has 0 radical (unpaired) electrons. The van der Waals surface area contributed by atoms with E-state index in [0.29, 0.717) is 11.2 Å². The summed E-state index contributed by atoms with van der Waals surface area (Å²) in [5, 5.41) is 0.828. The van der Waals surface area contributed by atoms with Gasteiger partial charge in [-0.1, -0.05) is 0 Å². The van der Waals surface area contributed by atoms with Crippen LogP contribution in [0.4, 0.5) is 5.69 Å². The van der Waals surface area contributed by atoms with Gasteiger partial charge in [0.05, 0.1) is 12.2 Å². The molecule has 0 saturated heterocycles. The maximum atomic E-state index is 11.8. The van der Waals surface area contributed by atoms with E-state index in [-0.39, 0.29) is 12.5 Å². The molecule has 6 nitrogen and oxygen atoms in total. The molecule has 3 N–H and O–H groups in total. The molecule has 96 valence electrons. The predicted molar refractivity (Wildman–Crippen MR) is 71.3 cm³/mol. The topological polar surface area (TPSA) is 92.1 Å². The van der Waals surface area contributed by atoms with Crippen LogP contribution in [0.3, 0.4) is 0 Å². The van der Waals surface area contributed by atoms with Gasteiger partial charge in [0, 0.05) is 35.8 Å². The lowest BCUT2D eigenvalue weighted by Gasteiger charge is -2.21. The van der Waals surface area contributed by atoms with Gasteiger partial charge in [0.1, 0.15) is 5.65 Å². The molecule has 1 aliphatic rings. The van der Waals surface area contributed by atoms with Crippen molar-refractivity contribution in [2.45, 2.75) is 6.92 Å². The van der Waals surface area contributed by atoms with E-state index in [2.05, 4.69) is 9.97 Å². The third-order valence-electron chi connectivity index (χ3n) is 3.23. The Bertz CT molecular complexity index is 729. The number of aromatic nitrogens is 2. The number of pyridine rings is 1. The highest BCUT2D eigenvalue weighted by Crippen LogP contribution is 2.33. The fraction of sp³-hybridized carbons (Fsp3) is 0.154. The second-order valence-electron chi connectivity index (χ2n) is 4.44. The summed E-state index contributed by atoms with van der Waals surface area (Å²) >= 11 is 0. The molecule has 19 heavy (non-hydrogen) atoms. The average Bonchev–Trinajstić information content (AvgIpc) is 2.67. The second kappa shape index (κ2) is 3.94. The highest BCUT2D eigenvalue weighted by Gasteiger charge is 2.23. The van der Waals surface area contributed by atoms with E-state index < -0.39 is 5.91 Å². The van der Waals surface area contributed by atoms with E-state index in [0.717, 1.165) is 16.6 Å². The average molecular weight is 256 g/mol. The Balaban J connectivity index is 2.33. The van der Waals surface area contributed by atoms with Crippen molar-refractivity contribution in [1.82, 2.24) is 9.97 Å². The van der Waals surface area contributed by atoms with Crippen LogP contribution in [0.5, 0.6) is 0 Å². The first-order valence-corrected chi connectivity index (χ1v) is 5.82. The quantitative estimate of drug-likeness (QED) is 0.790. The predicted octanol–water partition coefficient (Wildman–Crippen LogP) is 0.798. The normalized spacial score (nSPS) is 14.2. The number of amides is 2. The number of anilines is 1. The van der Waals surface area contributed by atoms with Gasteiger partial charge in [-0.2, -0.15) is 0 Å². The van der Waals surface area contributed by atoms with Gasteiger partial charge in [-0.05, 0) is 12.1 Å². The maximum Gasteiger partial charge on any atom is 0.246 e. The van der Waals surface area contributed by atoms with Crippen LogP contribution in [0.15, 0.2) is 24.0 Å². The van der Waals surface area contributed by atoms with Crippen LogP contribution in [0.25, 0.3) is 17.1 Å². The number of nitrogens with one attached hydrogen (secondary N) is 1. The van der Waals surface area contributed by atoms with Gasteiger partial charge in [-0.3, -0.25) is 9.59 Å². The van der Waals surface area contributed by atoms with Crippen LogP contribution in [-0.2, 0) is 9.59 Å². The van der Waals surface area contributed by atoms with Gasteiger partial charge in [-0.25, -0.2) is 4.98 Å². The van der Waals surface area contributed by atoms with Crippen LogP contribution >= 0.6 is 0 Å². The summed E-state index contributed by atoms with van der Waals surface area (Å²) < 4.78 is 0. The zero-order valence-electron chi connectivity index (χ0n) is 10.3. The molecule has 0 atom stereocenters. The number of aromatic amines is 1. The van der Waals surface area contributed by atoms with Crippen molar-refractivity contribution in [3.8, 4) is 0 Å². The van der Waals surface area contributed by atoms with Crippen LogP contribution in [0.2, 0.25) is 0 Å². The number of nitrogens with zero attached hydrogens (tertiary/aromatic N) is 2. The molecule has 0 aliphatic carbocycles. The summed E-state index contributed by atoms with van der Waals surface area (Å²) in [6, 6.07) is 1.76. The second-order valence-corrected chi connectivity index (χ2v) is 4.44. The molecule has 3 heterocycles.